The number of likely N-dealkylation sites (N-methyl/N-ethyl adjacent to an activating group) is 1. The highest BCUT2D eigenvalue weighted by molar-refractivity contribution is 4.89. The zero-order valence-electron chi connectivity index (χ0n) is 11.3. The molecule has 0 spiro atoms. The van der Waals surface area contributed by atoms with Crippen molar-refractivity contribution in [3.8, 4) is 0 Å². The third-order valence-corrected chi connectivity index (χ3v) is 4.07. The molecule has 96 valence electrons. The molecule has 1 rings (SSSR count). The maximum atomic E-state index is 6.23. The predicted molar refractivity (Wildman–Crippen MR) is 68.4 cm³/mol. The number of ether oxygens (including phenoxy) is 1. The van der Waals surface area contributed by atoms with Crippen LogP contribution in [0.2, 0.25) is 0 Å². The number of rotatable bonds is 5. The van der Waals surface area contributed by atoms with Gasteiger partial charge in [0.25, 0.3) is 0 Å². The molecular formula is C13H28N2O. The minimum absolute atomic E-state index is 0.344. The van der Waals surface area contributed by atoms with Crippen molar-refractivity contribution < 1.29 is 4.74 Å². The van der Waals surface area contributed by atoms with Gasteiger partial charge >= 0.3 is 0 Å². The van der Waals surface area contributed by atoms with E-state index in [4.69, 9.17) is 10.5 Å². The van der Waals surface area contributed by atoms with E-state index in [2.05, 4.69) is 25.8 Å². The first-order chi connectivity index (χ1) is 7.56. The number of hydrogen-bond donors (Lipinski definition) is 1. The maximum absolute atomic E-state index is 6.23. The van der Waals surface area contributed by atoms with E-state index >= 15 is 0 Å². The first-order valence-corrected chi connectivity index (χ1v) is 6.51. The van der Waals surface area contributed by atoms with E-state index in [0.29, 0.717) is 12.1 Å². The van der Waals surface area contributed by atoms with Gasteiger partial charge < -0.3 is 10.5 Å². The number of nitrogens with zero attached hydrogens (tertiary/aromatic N) is 1. The molecule has 2 N–H and O–H groups in total. The summed E-state index contributed by atoms with van der Waals surface area (Å²) in [6, 6.07) is 0.883. The Morgan fingerprint density at radius 1 is 1.38 bits per heavy atom. The van der Waals surface area contributed by atoms with Gasteiger partial charge in [-0.2, -0.15) is 0 Å². The largest absolute Gasteiger partial charge is 0.383 e. The highest BCUT2D eigenvalue weighted by Gasteiger charge is 2.31. The zero-order valence-corrected chi connectivity index (χ0v) is 11.3. The summed E-state index contributed by atoms with van der Waals surface area (Å²) >= 11 is 0. The van der Waals surface area contributed by atoms with Gasteiger partial charge in [-0.05, 0) is 38.1 Å². The summed E-state index contributed by atoms with van der Waals surface area (Å²) in [6.07, 6.45) is 3.72. The summed E-state index contributed by atoms with van der Waals surface area (Å²) in [5, 5.41) is 0. The van der Waals surface area contributed by atoms with E-state index < -0.39 is 0 Å². The average molecular weight is 228 g/mol. The van der Waals surface area contributed by atoms with Crippen molar-refractivity contribution in [2.75, 3.05) is 27.3 Å². The lowest BCUT2D eigenvalue weighted by Gasteiger charge is -2.40. The van der Waals surface area contributed by atoms with E-state index in [1.54, 1.807) is 7.11 Å². The van der Waals surface area contributed by atoms with Crippen molar-refractivity contribution in [2.45, 2.75) is 45.2 Å². The fourth-order valence-electron chi connectivity index (χ4n) is 2.72. The highest BCUT2D eigenvalue weighted by Crippen LogP contribution is 2.31. The van der Waals surface area contributed by atoms with E-state index in [-0.39, 0.29) is 0 Å². The third-order valence-electron chi connectivity index (χ3n) is 4.07. The van der Waals surface area contributed by atoms with Crippen molar-refractivity contribution in [2.24, 2.45) is 17.6 Å². The van der Waals surface area contributed by atoms with E-state index in [1.807, 2.05) is 0 Å². The van der Waals surface area contributed by atoms with Crippen LogP contribution < -0.4 is 5.73 Å². The Morgan fingerprint density at radius 2 is 2.06 bits per heavy atom. The fraction of sp³-hybridized carbons (Fsp3) is 1.00. The Labute approximate surface area is 100 Å². The molecule has 0 bridgehead atoms. The van der Waals surface area contributed by atoms with Gasteiger partial charge in [0.05, 0.1) is 6.61 Å². The van der Waals surface area contributed by atoms with E-state index in [1.165, 1.54) is 19.3 Å². The van der Waals surface area contributed by atoms with Gasteiger partial charge in [0.15, 0.2) is 0 Å². The van der Waals surface area contributed by atoms with Gasteiger partial charge in [-0.1, -0.05) is 13.8 Å². The molecule has 3 nitrogen and oxygen atoms in total. The van der Waals surface area contributed by atoms with Crippen LogP contribution in [0.4, 0.5) is 0 Å². The summed E-state index contributed by atoms with van der Waals surface area (Å²) in [6.45, 7) is 6.44. The third kappa shape index (κ3) is 3.72. The van der Waals surface area contributed by atoms with Crippen molar-refractivity contribution in [3.63, 3.8) is 0 Å². The quantitative estimate of drug-likeness (QED) is 0.778. The van der Waals surface area contributed by atoms with Crippen LogP contribution >= 0.6 is 0 Å². The number of methoxy groups -OCH3 is 1. The molecule has 0 aromatic rings. The van der Waals surface area contributed by atoms with E-state index in [0.717, 1.165) is 25.0 Å². The van der Waals surface area contributed by atoms with Crippen LogP contribution in [-0.2, 0) is 4.74 Å². The SMILES string of the molecule is COCCN(C)C1CC(C(C)C)CCC1N. The standard InChI is InChI=1S/C13H28N2O/c1-10(2)11-5-6-12(14)13(9-11)15(3)7-8-16-4/h10-13H,5-9,14H2,1-4H3. The molecule has 0 radical (unpaired) electrons. The first kappa shape index (κ1) is 13.9. The van der Waals surface area contributed by atoms with Crippen molar-refractivity contribution in [1.29, 1.82) is 0 Å². The van der Waals surface area contributed by atoms with Gasteiger partial charge in [0.1, 0.15) is 0 Å². The summed E-state index contributed by atoms with van der Waals surface area (Å²) in [5.74, 6) is 1.63. The first-order valence-electron chi connectivity index (χ1n) is 6.51. The lowest BCUT2D eigenvalue weighted by Crippen LogP contribution is -2.51. The van der Waals surface area contributed by atoms with Crippen LogP contribution in [-0.4, -0.2) is 44.3 Å². The molecule has 0 aliphatic heterocycles. The molecule has 1 aliphatic rings. The molecule has 0 aromatic carbocycles. The van der Waals surface area contributed by atoms with Gasteiger partial charge in [-0.25, -0.2) is 0 Å². The topological polar surface area (TPSA) is 38.5 Å². The van der Waals surface area contributed by atoms with Crippen LogP contribution in [0.5, 0.6) is 0 Å². The van der Waals surface area contributed by atoms with Gasteiger partial charge in [0.2, 0.25) is 0 Å². The van der Waals surface area contributed by atoms with Crippen LogP contribution in [0.15, 0.2) is 0 Å². The summed E-state index contributed by atoms with van der Waals surface area (Å²) in [7, 11) is 3.93. The normalized spacial score (nSPS) is 31.3. The molecule has 1 fully saturated rings. The molecular weight excluding hydrogens is 200 g/mol. The molecule has 0 amide bonds. The molecule has 0 heterocycles. The van der Waals surface area contributed by atoms with Crippen LogP contribution in [0.3, 0.4) is 0 Å². The minimum atomic E-state index is 0.344. The highest BCUT2D eigenvalue weighted by atomic mass is 16.5. The lowest BCUT2D eigenvalue weighted by atomic mass is 9.77. The maximum Gasteiger partial charge on any atom is 0.0589 e. The fourth-order valence-corrected chi connectivity index (χ4v) is 2.72. The average Bonchev–Trinajstić information content (AvgIpc) is 2.26. The van der Waals surface area contributed by atoms with Gasteiger partial charge in [0, 0.05) is 25.7 Å². The molecule has 3 atom stereocenters. The molecule has 0 saturated heterocycles. The van der Waals surface area contributed by atoms with Crippen molar-refractivity contribution in [3.05, 3.63) is 0 Å². The van der Waals surface area contributed by atoms with Gasteiger partial charge in [-0.3, -0.25) is 4.90 Å². The minimum Gasteiger partial charge on any atom is -0.383 e. The Bertz CT molecular complexity index is 196. The van der Waals surface area contributed by atoms with E-state index in [9.17, 15) is 0 Å². The zero-order chi connectivity index (χ0) is 12.1. The molecule has 0 aromatic heterocycles. The second kappa shape index (κ2) is 6.58. The Balaban J connectivity index is 2.48. The lowest BCUT2D eigenvalue weighted by molar-refractivity contribution is 0.0877. The smallest absolute Gasteiger partial charge is 0.0589 e. The summed E-state index contributed by atoms with van der Waals surface area (Å²) < 4.78 is 5.13. The Morgan fingerprint density at radius 3 is 2.62 bits per heavy atom. The molecule has 16 heavy (non-hydrogen) atoms. The van der Waals surface area contributed by atoms with Crippen molar-refractivity contribution in [1.82, 2.24) is 4.90 Å². The molecule has 1 saturated carbocycles. The van der Waals surface area contributed by atoms with Crippen LogP contribution in [0.25, 0.3) is 0 Å². The van der Waals surface area contributed by atoms with Crippen molar-refractivity contribution >= 4 is 0 Å². The Kier molecular flexibility index (Phi) is 5.73. The second-order valence-corrected chi connectivity index (χ2v) is 5.52. The number of nitrogens with two attached hydrogens (primary N) is 1. The Hall–Kier alpha value is -0.120. The molecule has 3 unspecified atom stereocenters. The summed E-state index contributed by atoms with van der Waals surface area (Å²) in [4.78, 5) is 2.38. The molecule has 1 aliphatic carbocycles. The molecule has 3 heteroatoms. The second-order valence-electron chi connectivity index (χ2n) is 5.52. The predicted octanol–water partition coefficient (Wildman–Crippen LogP) is 1.72. The monoisotopic (exact) mass is 228 g/mol. The number of hydrogen-bond acceptors (Lipinski definition) is 3. The van der Waals surface area contributed by atoms with Gasteiger partial charge in [-0.15, -0.1) is 0 Å². The van der Waals surface area contributed by atoms with Crippen LogP contribution in [0, 0.1) is 11.8 Å². The van der Waals surface area contributed by atoms with Crippen LogP contribution in [0.1, 0.15) is 33.1 Å². The summed E-state index contributed by atoms with van der Waals surface area (Å²) in [5.41, 5.74) is 6.23.